The van der Waals surface area contributed by atoms with Gasteiger partial charge in [-0.1, -0.05) is 68.1 Å². The Balaban J connectivity index is 1.42. The van der Waals surface area contributed by atoms with Gasteiger partial charge in [0.2, 0.25) is 5.78 Å². The summed E-state index contributed by atoms with van der Waals surface area (Å²) in [6.07, 6.45) is 12.4. The Morgan fingerprint density at radius 1 is 0.969 bits per heavy atom. The molecule has 2 heterocycles. The molecule has 0 saturated heterocycles. The van der Waals surface area contributed by atoms with Gasteiger partial charge in [-0.05, 0) is 65.8 Å². The highest BCUT2D eigenvalue weighted by Gasteiger charge is 2.26. The summed E-state index contributed by atoms with van der Waals surface area (Å²) in [4.78, 5) is 15.4. The number of hydrogen-bond acceptors (Lipinski definition) is 4. The van der Waals surface area contributed by atoms with Crippen molar-refractivity contribution in [1.29, 1.82) is 0 Å². The third kappa shape index (κ3) is 4.13. The molecule has 0 atom stereocenters. The number of allylic oxidation sites excluding steroid dienone is 7. The standard InChI is InChI=1S/C28H24O2S2/c1-28(2)16-18(11-13-24-26(29)20-7-3-5-9-22(20)31-24)15-19(17-28)12-14-25-27(30)21-8-4-6-10-23(21)32-25/h3-15,29H,16-17H2,1-2H3. The molecule has 4 heteroatoms. The van der Waals surface area contributed by atoms with E-state index in [9.17, 15) is 9.90 Å². The maximum absolute atomic E-state index is 12.7. The molecule has 0 fully saturated rings. The van der Waals surface area contributed by atoms with Gasteiger partial charge in [-0.3, -0.25) is 4.79 Å². The van der Waals surface area contributed by atoms with Crippen molar-refractivity contribution in [2.45, 2.75) is 31.6 Å². The van der Waals surface area contributed by atoms with Crippen LogP contribution in [0, 0.1) is 5.41 Å². The molecule has 0 amide bonds. The molecule has 0 radical (unpaired) electrons. The topological polar surface area (TPSA) is 37.3 Å². The predicted molar refractivity (Wildman–Crippen MR) is 136 cm³/mol. The van der Waals surface area contributed by atoms with E-state index in [0.717, 1.165) is 43.2 Å². The lowest BCUT2D eigenvalue weighted by molar-refractivity contribution is 0.104. The molecule has 1 aliphatic carbocycles. The summed E-state index contributed by atoms with van der Waals surface area (Å²) >= 11 is 3.16. The molecular weight excluding hydrogens is 432 g/mol. The Hall–Kier alpha value is -2.82. The zero-order chi connectivity index (χ0) is 22.3. The van der Waals surface area contributed by atoms with Crippen molar-refractivity contribution in [3.8, 4) is 5.75 Å². The minimum Gasteiger partial charge on any atom is -0.506 e. The van der Waals surface area contributed by atoms with Gasteiger partial charge < -0.3 is 5.11 Å². The molecule has 0 spiro atoms. The van der Waals surface area contributed by atoms with Crippen LogP contribution in [0.25, 0.3) is 16.2 Å². The van der Waals surface area contributed by atoms with E-state index in [1.54, 1.807) is 23.1 Å². The Bertz CT molecular complexity index is 1350. The first-order valence-electron chi connectivity index (χ1n) is 10.7. The Morgan fingerprint density at radius 2 is 1.75 bits per heavy atom. The monoisotopic (exact) mass is 456 g/mol. The number of carbonyl (C=O) groups is 1. The second-order valence-corrected chi connectivity index (χ2v) is 11.2. The van der Waals surface area contributed by atoms with Crippen LogP contribution in [-0.2, 0) is 0 Å². The van der Waals surface area contributed by atoms with Gasteiger partial charge in [-0.15, -0.1) is 11.3 Å². The molecule has 0 saturated carbocycles. The average molecular weight is 457 g/mol. The number of carbonyl (C=O) groups excluding carboxylic acids is 1. The fraction of sp³-hybridized carbons (Fsp3) is 0.179. The van der Waals surface area contributed by atoms with Crippen molar-refractivity contribution in [3.63, 3.8) is 0 Å². The average Bonchev–Trinajstić information content (AvgIpc) is 3.27. The molecule has 2 aliphatic rings. The number of thiophene rings is 1. The Morgan fingerprint density at radius 3 is 2.56 bits per heavy atom. The number of Topliss-reactive ketones (excluding diaryl/α,β-unsaturated/α-hetero) is 1. The first-order chi connectivity index (χ1) is 15.4. The lowest BCUT2D eigenvalue weighted by Gasteiger charge is -2.30. The van der Waals surface area contributed by atoms with Gasteiger partial charge in [0.1, 0.15) is 5.75 Å². The number of fused-ring (bicyclic) bond motifs is 2. The highest BCUT2D eigenvalue weighted by Crippen LogP contribution is 2.42. The second-order valence-electron chi connectivity index (χ2n) is 9.08. The smallest absolute Gasteiger partial charge is 0.200 e. The minimum absolute atomic E-state index is 0.113. The van der Waals surface area contributed by atoms with Crippen molar-refractivity contribution < 1.29 is 9.90 Å². The summed E-state index contributed by atoms with van der Waals surface area (Å²) in [5.74, 6) is 0.469. The van der Waals surface area contributed by atoms with Crippen LogP contribution >= 0.6 is 23.1 Å². The van der Waals surface area contributed by atoms with Gasteiger partial charge in [-0.2, -0.15) is 0 Å². The molecule has 2 aromatic carbocycles. The van der Waals surface area contributed by atoms with Crippen LogP contribution in [0.2, 0.25) is 0 Å². The normalized spacial score (nSPS) is 20.4. The van der Waals surface area contributed by atoms with Gasteiger partial charge in [0.15, 0.2) is 0 Å². The lowest BCUT2D eigenvalue weighted by atomic mass is 9.75. The fourth-order valence-corrected chi connectivity index (χ4v) is 6.40. The molecule has 1 N–H and O–H groups in total. The van der Waals surface area contributed by atoms with E-state index in [1.807, 2.05) is 60.7 Å². The quantitative estimate of drug-likeness (QED) is 0.404. The maximum atomic E-state index is 12.7. The summed E-state index contributed by atoms with van der Waals surface area (Å²) in [5.41, 5.74) is 3.39. The molecule has 32 heavy (non-hydrogen) atoms. The zero-order valence-electron chi connectivity index (χ0n) is 18.1. The van der Waals surface area contributed by atoms with Crippen molar-refractivity contribution in [2.24, 2.45) is 5.41 Å². The van der Waals surface area contributed by atoms with Gasteiger partial charge in [-0.25, -0.2) is 0 Å². The van der Waals surface area contributed by atoms with Crippen molar-refractivity contribution in [2.75, 3.05) is 0 Å². The zero-order valence-corrected chi connectivity index (χ0v) is 19.7. The Kier molecular flexibility index (Phi) is 5.44. The van der Waals surface area contributed by atoms with Crippen LogP contribution in [0.15, 0.2) is 93.8 Å². The highest BCUT2D eigenvalue weighted by atomic mass is 32.2. The lowest BCUT2D eigenvalue weighted by Crippen LogP contribution is -2.16. The summed E-state index contributed by atoms with van der Waals surface area (Å²) in [7, 11) is 0. The summed E-state index contributed by atoms with van der Waals surface area (Å²) < 4.78 is 1.09. The molecule has 2 nitrogen and oxygen atoms in total. The molecule has 160 valence electrons. The summed E-state index contributed by atoms with van der Waals surface area (Å²) in [5, 5.41) is 11.5. The number of thioether (sulfide) groups is 1. The maximum Gasteiger partial charge on any atom is 0.200 e. The molecule has 5 rings (SSSR count). The molecule has 3 aromatic rings. The van der Waals surface area contributed by atoms with E-state index in [-0.39, 0.29) is 11.2 Å². The van der Waals surface area contributed by atoms with Crippen LogP contribution in [0.5, 0.6) is 5.75 Å². The van der Waals surface area contributed by atoms with Crippen molar-refractivity contribution >= 4 is 45.0 Å². The van der Waals surface area contributed by atoms with E-state index in [0.29, 0.717) is 5.75 Å². The van der Waals surface area contributed by atoms with E-state index in [1.165, 1.54) is 11.1 Å². The number of aromatic hydroxyl groups is 1. The van der Waals surface area contributed by atoms with Crippen LogP contribution in [0.4, 0.5) is 0 Å². The summed E-state index contributed by atoms with van der Waals surface area (Å²) in [6, 6.07) is 15.7. The van der Waals surface area contributed by atoms with E-state index < -0.39 is 0 Å². The molecule has 1 aliphatic heterocycles. The molecule has 0 unspecified atom stereocenters. The van der Waals surface area contributed by atoms with Crippen molar-refractivity contribution in [1.82, 2.24) is 0 Å². The number of ketones is 1. The third-order valence-corrected chi connectivity index (χ3v) is 8.05. The highest BCUT2D eigenvalue weighted by molar-refractivity contribution is 8.04. The van der Waals surface area contributed by atoms with Gasteiger partial charge in [0, 0.05) is 20.5 Å². The number of hydrogen-bond donors (Lipinski definition) is 1. The molecule has 0 bridgehead atoms. The first-order valence-corrected chi connectivity index (χ1v) is 12.3. The third-order valence-electron chi connectivity index (χ3n) is 5.80. The van der Waals surface area contributed by atoms with Crippen LogP contribution in [-0.4, -0.2) is 10.9 Å². The van der Waals surface area contributed by atoms with E-state index >= 15 is 0 Å². The number of benzene rings is 2. The molecule has 1 aromatic heterocycles. The summed E-state index contributed by atoms with van der Waals surface area (Å²) in [6.45, 7) is 4.55. The second kappa shape index (κ2) is 8.27. The SMILES string of the molecule is CC1(C)CC(=CC=C2Sc3ccccc3C2=O)C=C(C=Cc2sc3ccccc3c2O)C1. The van der Waals surface area contributed by atoms with E-state index in [2.05, 4.69) is 32.1 Å². The predicted octanol–water partition coefficient (Wildman–Crippen LogP) is 8.17. The number of rotatable bonds is 3. The van der Waals surface area contributed by atoms with Crippen molar-refractivity contribution in [3.05, 3.63) is 99.3 Å². The Labute approximate surface area is 196 Å². The first kappa shape index (κ1) is 21.0. The largest absolute Gasteiger partial charge is 0.506 e. The van der Waals surface area contributed by atoms with E-state index in [4.69, 9.17) is 0 Å². The minimum atomic E-state index is 0.113. The molecular formula is C28H24O2S2. The van der Waals surface area contributed by atoms with Crippen LogP contribution < -0.4 is 0 Å². The van der Waals surface area contributed by atoms with Gasteiger partial charge >= 0.3 is 0 Å². The van der Waals surface area contributed by atoms with Crippen LogP contribution in [0.3, 0.4) is 0 Å². The van der Waals surface area contributed by atoms with Crippen LogP contribution in [0.1, 0.15) is 41.9 Å². The van der Waals surface area contributed by atoms with Gasteiger partial charge in [0.05, 0.1) is 9.78 Å². The fourth-order valence-electron chi connectivity index (χ4n) is 4.40. The van der Waals surface area contributed by atoms with Gasteiger partial charge in [0.25, 0.3) is 0 Å².